The predicted octanol–water partition coefficient (Wildman–Crippen LogP) is 5.01. The average Bonchev–Trinajstić information content (AvgIpc) is 3.14. The number of amides is 2. The van der Waals surface area contributed by atoms with Crippen molar-refractivity contribution in [1.82, 2.24) is 0 Å². The van der Waals surface area contributed by atoms with Gasteiger partial charge in [0.1, 0.15) is 22.8 Å². The molecule has 6 nitrogen and oxygen atoms in total. The first-order valence-corrected chi connectivity index (χ1v) is 9.55. The number of rotatable bonds is 6. The fourth-order valence-electron chi connectivity index (χ4n) is 3.23. The molecule has 31 heavy (non-hydrogen) atoms. The summed E-state index contributed by atoms with van der Waals surface area (Å²) in [6.07, 6.45) is 0.0212. The highest BCUT2D eigenvalue weighted by atomic mass is 19.1. The second-order valence-electron chi connectivity index (χ2n) is 6.81. The lowest BCUT2D eigenvalue weighted by Crippen LogP contribution is -2.18. The Morgan fingerprint density at radius 3 is 2.42 bits per heavy atom. The predicted molar refractivity (Wildman–Crippen MR) is 116 cm³/mol. The number of methoxy groups -OCH3 is 1. The third-order valence-electron chi connectivity index (χ3n) is 4.70. The van der Waals surface area contributed by atoms with Gasteiger partial charge in [-0.05, 0) is 42.0 Å². The number of para-hydroxylation sites is 3. The van der Waals surface area contributed by atoms with Crippen LogP contribution in [0.4, 0.5) is 15.8 Å². The van der Waals surface area contributed by atoms with E-state index in [0.717, 1.165) is 0 Å². The third-order valence-corrected chi connectivity index (χ3v) is 4.70. The van der Waals surface area contributed by atoms with E-state index in [-0.39, 0.29) is 29.6 Å². The maximum atomic E-state index is 13.1. The number of furan rings is 1. The van der Waals surface area contributed by atoms with Crippen LogP contribution >= 0.6 is 0 Å². The number of nitrogens with one attached hydrogen (secondary N) is 2. The minimum atomic E-state index is -0.530. The van der Waals surface area contributed by atoms with E-state index in [1.807, 2.05) is 0 Å². The summed E-state index contributed by atoms with van der Waals surface area (Å²) in [5.41, 5.74) is 1.85. The molecule has 156 valence electrons. The molecule has 1 aromatic heterocycles. The Morgan fingerprint density at radius 2 is 1.65 bits per heavy atom. The van der Waals surface area contributed by atoms with E-state index in [1.54, 1.807) is 48.5 Å². The smallest absolute Gasteiger partial charge is 0.293 e. The van der Waals surface area contributed by atoms with Crippen molar-refractivity contribution in [1.29, 1.82) is 0 Å². The van der Waals surface area contributed by atoms with Crippen LogP contribution in [0, 0.1) is 5.82 Å². The van der Waals surface area contributed by atoms with E-state index in [2.05, 4.69) is 10.6 Å². The number of halogens is 1. The zero-order valence-corrected chi connectivity index (χ0v) is 16.6. The molecule has 4 aromatic rings. The highest BCUT2D eigenvalue weighted by Crippen LogP contribution is 2.32. The van der Waals surface area contributed by atoms with Gasteiger partial charge in [0.2, 0.25) is 11.7 Å². The third kappa shape index (κ3) is 4.40. The van der Waals surface area contributed by atoms with Gasteiger partial charge in [-0.2, -0.15) is 0 Å². The molecule has 0 unspecified atom stereocenters. The van der Waals surface area contributed by atoms with Crippen molar-refractivity contribution in [2.45, 2.75) is 6.42 Å². The molecule has 2 amide bonds. The largest absolute Gasteiger partial charge is 0.495 e. The first-order chi connectivity index (χ1) is 15.0. The number of hydrogen-bond donors (Lipinski definition) is 2. The van der Waals surface area contributed by atoms with E-state index < -0.39 is 5.91 Å². The van der Waals surface area contributed by atoms with Crippen LogP contribution in [0.5, 0.6) is 5.75 Å². The molecular formula is C24H19FN2O4. The van der Waals surface area contributed by atoms with Crippen LogP contribution < -0.4 is 15.4 Å². The minimum absolute atomic E-state index is 0.0212. The van der Waals surface area contributed by atoms with E-state index in [1.165, 1.54) is 31.4 Å². The monoisotopic (exact) mass is 418 g/mol. The SMILES string of the molecule is COc1ccccc1NC(=O)c1oc2ccccc2c1NC(=O)Cc1ccc(F)cc1. The highest BCUT2D eigenvalue weighted by molar-refractivity contribution is 6.15. The standard InChI is InChI=1S/C24H19FN2O4/c1-30-20-9-5-3-7-18(20)26-24(29)23-22(17-6-2-4-8-19(17)31-23)27-21(28)14-15-10-12-16(25)13-11-15/h2-13H,14H2,1H3,(H,26,29)(H,27,28). The Bertz CT molecular complexity index is 1250. The molecule has 0 aliphatic rings. The lowest BCUT2D eigenvalue weighted by Gasteiger charge is -2.10. The molecule has 0 aliphatic carbocycles. The van der Waals surface area contributed by atoms with Gasteiger partial charge in [-0.15, -0.1) is 0 Å². The summed E-state index contributed by atoms with van der Waals surface area (Å²) in [5.74, 6) is -0.795. The van der Waals surface area contributed by atoms with Gasteiger partial charge in [0, 0.05) is 5.39 Å². The van der Waals surface area contributed by atoms with Crippen molar-refractivity contribution >= 4 is 34.2 Å². The topological polar surface area (TPSA) is 80.6 Å². The quantitative estimate of drug-likeness (QED) is 0.461. The molecule has 4 rings (SSSR count). The second-order valence-corrected chi connectivity index (χ2v) is 6.81. The molecule has 0 bridgehead atoms. The summed E-state index contributed by atoms with van der Waals surface area (Å²) in [7, 11) is 1.51. The fourth-order valence-corrected chi connectivity index (χ4v) is 3.23. The number of carbonyl (C=O) groups excluding carboxylic acids is 2. The van der Waals surface area contributed by atoms with E-state index >= 15 is 0 Å². The molecule has 3 aromatic carbocycles. The fraction of sp³-hybridized carbons (Fsp3) is 0.0833. The summed E-state index contributed by atoms with van der Waals surface area (Å²) in [4.78, 5) is 25.6. The van der Waals surface area contributed by atoms with Crippen molar-refractivity contribution in [2.24, 2.45) is 0 Å². The molecule has 1 heterocycles. The molecule has 0 aliphatic heterocycles. The molecule has 0 radical (unpaired) electrons. The maximum Gasteiger partial charge on any atom is 0.293 e. The minimum Gasteiger partial charge on any atom is -0.495 e. The molecule has 0 atom stereocenters. The number of fused-ring (bicyclic) bond motifs is 1. The summed E-state index contributed by atoms with van der Waals surface area (Å²) in [5, 5.41) is 6.13. The first-order valence-electron chi connectivity index (χ1n) is 9.55. The Labute approximate surface area is 177 Å². The van der Waals surface area contributed by atoms with Crippen LogP contribution in [-0.4, -0.2) is 18.9 Å². The molecule has 0 spiro atoms. The average molecular weight is 418 g/mol. The zero-order valence-electron chi connectivity index (χ0n) is 16.6. The van der Waals surface area contributed by atoms with Gasteiger partial charge < -0.3 is 19.8 Å². The molecule has 0 fully saturated rings. The highest BCUT2D eigenvalue weighted by Gasteiger charge is 2.23. The van der Waals surface area contributed by atoms with Gasteiger partial charge in [0.05, 0.1) is 19.2 Å². The maximum absolute atomic E-state index is 13.1. The van der Waals surface area contributed by atoms with Crippen LogP contribution in [0.1, 0.15) is 16.1 Å². The van der Waals surface area contributed by atoms with Crippen molar-refractivity contribution < 1.29 is 23.1 Å². The van der Waals surface area contributed by atoms with Gasteiger partial charge >= 0.3 is 0 Å². The molecule has 2 N–H and O–H groups in total. The molecular weight excluding hydrogens is 399 g/mol. The van der Waals surface area contributed by atoms with Gasteiger partial charge in [-0.25, -0.2) is 4.39 Å². The Morgan fingerprint density at radius 1 is 0.935 bits per heavy atom. The summed E-state index contributed by atoms with van der Waals surface area (Å²) in [6.45, 7) is 0. The zero-order chi connectivity index (χ0) is 21.8. The number of hydrogen-bond acceptors (Lipinski definition) is 4. The second kappa shape index (κ2) is 8.71. The number of benzene rings is 3. The van der Waals surface area contributed by atoms with Gasteiger partial charge in [-0.1, -0.05) is 36.4 Å². The van der Waals surface area contributed by atoms with Crippen LogP contribution in [0.15, 0.2) is 77.2 Å². The van der Waals surface area contributed by atoms with Crippen molar-refractivity contribution in [2.75, 3.05) is 17.7 Å². The first kappa shape index (κ1) is 20.2. The van der Waals surface area contributed by atoms with Crippen molar-refractivity contribution in [3.05, 3.63) is 89.9 Å². The Kier molecular flexibility index (Phi) is 5.66. The molecule has 7 heteroatoms. The van der Waals surface area contributed by atoms with E-state index in [9.17, 15) is 14.0 Å². The Balaban J connectivity index is 1.63. The normalized spacial score (nSPS) is 10.6. The van der Waals surface area contributed by atoms with Crippen molar-refractivity contribution in [3.8, 4) is 5.75 Å². The van der Waals surface area contributed by atoms with Gasteiger partial charge in [0.25, 0.3) is 5.91 Å². The molecule has 0 saturated heterocycles. The van der Waals surface area contributed by atoms with Crippen LogP contribution in [-0.2, 0) is 11.2 Å². The Hall–Kier alpha value is -4.13. The van der Waals surface area contributed by atoms with Crippen molar-refractivity contribution in [3.63, 3.8) is 0 Å². The number of anilines is 2. The molecule has 0 saturated carbocycles. The van der Waals surface area contributed by atoms with Gasteiger partial charge in [0.15, 0.2) is 0 Å². The summed E-state index contributed by atoms with van der Waals surface area (Å²) >= 11 is 0. The summed E-state index contributed by atoms with van der Waals surface area (Å²) in [6, 6.07) is 19.7. The summed E-state index contributed by atoms with van der Waals surface area (Å²) < 4.78 is 24.1. The van der Waals surface area contributed by atoms with Gasteiger partial charge in [-0.3, -0.25) is 9.59 Å². The van der Waals surface area contributed by atoms with E-state index in [4.69, 9.17) is 9.15 Å². The lowest BCUT2D eigenvalue weighted by molar-refractivity contribution is -0.115. The van der Waals surface area contributed by atoms with Crippen LogP contribution in [0.25, 0.3) is 11.0 Å². The lowest BCUT2D eigenvalue weighted by atomic mass is 10.1. The number of carbonyl (C=O) groups is 2. The van der Waals surface area contributed by atoms with E-state index in [0.29, 0.717) is 28.0 Å². The van der Waals surface area contributed by atoms with Crippen LogP contribution in [0.3, 0.4) is 0 Å². The number of ether oxygens (including phenoxy) is 1. The van der Waals surface area contributed by atoms with Crippen LogP contribution in [0.2, 0.25) is 0 Å².